The molecule has 0 amide bonds. The molecular formula is C12H20N2. The third kappa shape index (κ3) is 3.04. The second-order valence-corrected chi connectivity index (χ2v) is 4.54. The lowest BCUT2D eigenvalue weighted by atomic mass is 9.94. The van der Waals surface area contributed by atoms with Gasteiger partial charge in [-0.15, -0.1) is 0 Å². The van der Waals surface area contributed by atoms with E-state index in [4.69, 9.17) is 5.73 Å². The summed E-state index contributed by atoms with van der Waals surface area (Å²) >= 11 is 0. The Morgan fingerprint density at radius 3 is 2.50 bits per heavy atom. The van der Waals surface area contributed by atoms with Crippen LogP contribution >= 0.6 is 0 Å². The predicted octanol–water partition coefficient (Wildman–Crippen LogP) is 2.39. The quantitative estimate of drug-likeness (QED) is 0.768. The van der Waals surface area contributed by atoms with Crippen LogP contribution in [0.4, 0.5) is 5.69 Å². The fraction of sp³-hybridized carbons (Fsp3) is 0.500. The lowest BCUT2D eigenvalue weighted by molar-refractivity contribution is 0.405. The lowest BCUT2D eigenvalue weighted by Gasteiger charge is -2.23. The standard InChI is InChI=1S/C12H20N2/c1-10-6-4-5-7-11(10)14-9-12(2,3)8-13/h4-7,14H,8-9,13H2,1-3H3. The molecule has 1 aromatic carbocycles. The van der Waals surface area contributed by atoms with Crippen LogP contribution in [0.15, 0.2) is 24.3 Å². The van der Waals surface area contributed by atoms with Gasteiger partial charge in [0.15, 0.2) is 0 Å². The molecule has 0 spiro atoms. The zero-order valence-corrected chi connectivity index (χ0v) is 9.30. The molecule has 14 heavy (non-hydrogen) atoms. The number of para-hydroxylation sites is 1. The minimum atomic E-state index is 0.155. The van der Waals surface area contributed by atoms with Crippen molar-refractivity contribution in [3.63, 3.8) is 0 Å². The molecule has 1 rings (SSSR count). The van der Waals surface area contributed by atoms with E-state index in [9.17, 15) is 0 Å². The Bertz CT molecular complexity index is 292. The van der Waals surface area contributed by atoms with E-state index in [0.29, 0.717) is 6.54 Å². The van der Waals surface area contributed by atoms with Gasteiger partial charge in [0.05, 0.1) is 0 Å². The van der Waals surface area contributed by atoms with Gasteiger partial charge in [0.2, 0.25) is 0 Å². The lowest BCUT2D eigenvalue weighted by Crippen LogP contribution is -2.31. The van der Waals surface area contributed by atoms with Crippen LogP contribution in [0.2, 0.25) is 0 Å². The minimum Gasteiger partial charge on any atom is -0.384 e. The van der Waals surface area contributed by atoms with Crippen LogP contribution < -0.4 is 11.1 Å². The molecule has 0 heterocycles. The zero-order valence-electron chi connectivity index (χ0n) is 9.30. The number of hydrogen-bond donors (Lipinski definition) is 2. The molecule has 0 aromatic heterocycles. The first kappa shape index (κ1) is 11.1. The van der Waals surface area contributed by atoms with Gasteiger partial charge in [-0.05, 0) is 30.5 Å². The summed E-state index contributed by atoms with van der Waals surface area (Å²) in [5, 5.41) is 3.42. The van der Waals surface area contributed by atoms with Crippen LogP contribution in [0.25, 0.3) is 0 Å². The molecular weight excluding hydrogens is 172 g/mol. The first-order valence-corrected chi connectivity index (χ1v) is 5.05. The van der Waals surface area contributed by atoms with Crippen LogP contribution in [0, 0.1) is 12.3 Å². The van der Waals surface area contributed by atoms with Crippen molar-refractivity contribution >= 4 is 5.69 Å². The Labute approximate surface area is 86.5 Å². The Morgan fingerprint density at radius 2 is 1.93 bits per heavy atom. The summed E-state index contributed by atoms with van der Waals surface area (Å²) < 4.78 is 0. The van der Waals surface area contributed by atoms with E-state index >= 15 is 0 Å². The number of hydrogen-bond acceptors (Lipinski definition) is 2. The summed E-state index contributed by atoms with van der Waals surface area (Å²) in [6.45, 7) is 8.05. The maximum Gasteiger partial charge on any atom is 0.0370 e. The van der Waals surface area contributed by atoms with E-state index in [1.807, 2.05) is 6.07 Å². The highest BCUT2D eigenvalue weighted by Gasteiger charge is 2.14. The largest absolute Gasteiger partial charge is 0.384 e. The van der Waals surface area contributed by atoms with Crippen LogP contribution in [-0.2, 0) is 0 Å². The Kier molecular flexibility index (Phi) is 3.53. The highest BCUT2D eigenvalue weighted by molar-refractivity contribution is 5.50. The summed E-state index contributed by atoms with van der Waals surface area (Å²) in [5.41, 5.74) is 8.30. The van der Waals surface area contributed by atoms with Gasteiger partial charge in [-0.25, -0.2) is 0 Å². The predicted molar refractivity (Wildman–Crippen MR) is 62.5 cm³/mol. The fourth-order valence-corrected chi connectivity index (χ4v) is 1.18. The number of anilines is 1. The van der Waals surface area contributed by atoms with Gasteiger partial charge >= 0.3 is 0 Å². The smallest absolute Gasteiger partial charge is 0.0370 e. The summed E-state index contributed by atoms with van der Waals surface area (Å²) in [6.07, 6.45) is 0. The summed E-state index contributed by atoms with van der Waals surface area (Å²) in [6, 6.07) is 8.30. The van der Waals surface area contributed by atoms with Crippen molar-refractivity contribution in [2.75, 3.05) is 18.4 Å². The number of nitrogens with two attached hydrogens (primary N) is 1. The topological polar surface area (TPSA) is 38.0 Å². The first-order chi connectivity index (χ1) is 6.55. The molecule has 0 saturated heterocycles. The molecule has 0 fully saturated rings. The fourth-order valence-electron chi connectivity index (χ4n) is 1.18. The Hall–Kier alpha value is -1.02. The van der Waals surface area contributed by atoms with Crippen molar-refractivity contribution in [1.82, 2.24) is 0 Å². The van der Waals surface area contributed by atoms with Gasteiger partial charge in [-0.1, -0.05) is 32.0 Å². The monoisotopic (exact) mass is 192 g/mol. The number of nitrogens with one attached hydrogen (secondary N) is 1. The molecule has 1 aromatic rings. The third-order valence-corrected chi connectivity index (χ3v) is 2.46. The molecule has 2 heteroatoms. The van der Waals surface area contributed by atoms with Crippen LogP contribution in [-0.4, -0.2) is 13.1 Å². The van der Waals surface area contributed by atoms with E-state index in [-0.39, 0.29) is 5.41 Å². The minimum absolute atomic E-state index is 0.155. The normalized spacial score (nSPS) is 11.4. The van der Waals surface area contributed by atoms with Gasteiger partial charge in [0, 0.05) is 12.2 Å². The van der Waals surface area contributed by atoms with Gasteiger partial charge in [-0.2, -0.15) is 0 Å². The van der Waals surface area contributed by atoms with Crippen molar-refractivity contribution < 1.29 is 0 Å². The first-order valence-electron chi connectivity index (χ1n) is 5.05. The van der Waals surface area contributed by atoms with Gasteiger partial charge in [0.25, 0.3) is 0 Å². The number of benzene rings is 1. The average molecular weight is 192 g/mol. The molecule has 3 N–H and O–H groups in total. The van der Waals surface area contributed by atoms with Crippen molar-refractivity contribution in [2.24, 2.45) is 11.1 Å². The van der Waals surface area contributed by atoms with Crippen LogP contribution in [0.5, 0.6) is 0 Å². The number of aryl methyl sites for hydroxylation is 1. The molecule has 0 unspecified atom stereocenters. The summed E-state index contributed by atoms with van der Waals surface area (Å²) in [5.74, 6) is 0. The second-order valence-electron chi connectivity index (χ2n) is 4.54. The molecule has 0 bridgehead atoms. The van der Waals surface area contributed by atoms with E-state index in [1.165, 1.54) is 11.3 Å². The van der Waals surface area contributed by atoms with E-state index in [0.717, 1.165) is 6.54 Å². The molecule has 0 aliphatic heterocycles. The van der Waals surface area contributed by atoms with Crippen molar-refractivity contribution in [3.8, 4) is 0 Å². The summed E-state index contributed by atoms with van der Waals surface area (Å²) in [4.78, 5) is 0. The van der Waals surface area contributed by atoms with Gasteiger partial charge in [-0.3, -0.25) is 0 Å². The molecule has 0 saturated carbocycles. The van der Waals surface area contributed by atoms with Crippen LogP contribution in [0.3, 0.4) is 0 Å². The second kappa shape index (κ2) is 4.47. The van der Waals surface area contributed by atoms with E-state index in [1.54, 1.807) is 0 Å². The average Bonchev–Trinajstić information content (AvgIpc) is 2.17. The third-order valence-electron chi connectivity index (χ3n) is 2.46. The molecule has 0 atom stereocenters. The highest BCUT2D eigenvalue weighted by atomic mass is 14.9. The molecule has 0 aliphatic carbocycles. The SMILES string of the molecule is Cc1ccccc1NCC(C)(C)CN. The molecule has 78 valence electrons. The van der Waals surface area contributed by atoms with Crippen molar-refractivity contribution in [1.29, 1.82) is 0 Å². The summed E-state index contributed by atoms with van der Waals surface area (Å²) in [7, 11) is 0. The van der Waals surface area contributed by atoms with Crippen molar-refractivity contribution in [3.05, 3.63) is 29.8 Å². The van der Waals surface area contributed by atoms with Crippen molar-refractivity contribution in [2.45, 2.75) is 20.8 Å². The maximum absolute atomic E-state index is 5.67. The maximum atomic E-state index is 5.67. The van der Waals surface area contributed by atoms with Gasteiger partial charge < -0.3 is 11.1 Å². The zero-order chi connectivity index (χ0) is 10.6. The molecule has 0 radical (unpaired) electrons. The molecule has 2 nitrogen and oxygen atoms in total. The Balaban J connectivity index is 2.58. The number of rotatable bonds is 4. The molecule has 0 aliphatic rings. The van der Waals surface area contributed by atoms with Crippen LogP contribution in [0.1, 0.15) is 19.4 Å². The van der Waals surface area contributed by atoms with Gasteiger partial charge in [0.1, 0.15) is 0 Å². The van der Waals surface area contributed by atoms with E-state index in [2.05, 4.69) is 44.3 Å². The Morgan fingerprint density at radius 1 is 1.29 bits per heavy atom. The highest BCUT2D eigenvalue weighted by Crippen LogP contribution is 2.17. The van der Waals surface area contributed by atoms with E-state index < -0.39 is 0 Å².